The van der Waals surface area contributed by atoms with Crippen molar-refractivity contribution in [2.45, 2.75) is 45.7 Å². The van der Waals surface area contributed by atoms with Gasteiger partial charge in [0.2, 0.25) is 0 Å². The van der Waals surface area contributed by atoms with Crippen molar-refractivity contribution in [3.8, 4) is 0 Å². The van der Waals surface area contributed by atoms with Gasteiger partial charge < -0.3 is 15.0 Å². The van der Waals surface area contributed by atoms with E-state index in [9.17, 15) is 0 Å². The molecule has 19 heavy (non-hydrogen) atoms. The van der Waals surface area contributed by atoms with E-state index in [-0.39, 0.29) is 0 Å². The Morgan fingerprint density at radius 1 is 1.42 bits per heavy atom. The van der Waals surface area contributed by atoms with E-state index in [1.165, 1.54) is 10.6 Å². The number of nitrogens with zero attached hydrogens (tertiary/aromatic N) is 2. The van der Waals surface area contributed by atoms with Crippen molar-refractivity contribution in [3.63, 3.8) is 0 Å². The maximum absolute atomic E-state index is 5.22. The van der Waals surface area contributed by atoms with E-state index in [0.717, 1.165) is 24.7 Å². The lowest BCUT2D eigenvalue weighted by atomic mass is 10.0. The fourth-order valence-corrected chi connectivity index (χ4v) is 3.16. The van der Waals surface area contributed by atoms with Gasteiger partial charge in [-0.2, -0.15) is 0 Å². The Morgan fingerprint density at radius 3 is 2.63 bits per heavy atom. The van der Waals surface area contributed by atoms with E-state index in [4.69, 9.17) is 9.72 Å². The molecule has 1 aromatic heterocycles. The molecule has 0 amide bonds. The van der Waals surface area contributed by atoms with E-state index < -0.39 is 0 Å². The molecular formula is C14H27N3OS. The first-order valence-electron chi connectivity index (χ1n) is 6.91. The van der Waals surface area contributed by atoms with Gasteiger partial charge in [-0.1, -0.05) is 13.8 Å². The molecule has 110 valence electrons. The second-order valence-corrected chi connectivity index (χ2v) is 6.12. The van der Waals surface area contributed by atoms with Crippen molar-refractivity contribution >= 4 is 16.5 Å². The third-order valence-electron chi connectivity index (χ3n) is 3.50. The Hall–Kier alpha value is -0.650. The number of anilines is 1. The van der Waals surface area contributed by atoms with Gasteiger partial charge in [-0.3, -0.25) is 0 Å². The molecule has 0 fully saturated rings. The molecule has 1 heterocycles. The molecule has 0 saturated carbocycles. The highest BCUT2D eigenvalue weighted by molar-refractivity contribution is 7.15. The molecule has 0 radical (unpaired) electrons. The second kappa shape index (κ2) is 7.82. The van der Waals surface area contributed by atoms with E-state index in [0.29, 0.717) is 12.0 Å². The number of rotatable bonds is 8. The van der Waals surface area contributed by atoms with Crippen LogP contribution in [0, 0.1) is 0 Å². The molecule has 0 bridgehead atoms. The maximum atomic E-state index is 5.22. The van der Waals surface area contributed by atoms with E-state index >= 15 is 0 Å². The highest BCUT2D eigenvalue weighted by Crippen LogP contribution is 2.32. The summed E-state index contributed by atoms with van der Waals surface area (Å²) in [6, 6.07) is 0.336. The Morgan fingerprint density at radius 2 is 2.11 bits per heavy atom. The monoisotopic (exact) mass is 285 g/mol. The van der Waals surface area contributed by atoms with Crippen molar-refractivity contribution in [2.24, 2.45) is 0 Å². The number of hydrogen-bond acceptors (Lipinski definition) is 5. The highest BCUT2D eigenvalue weighted by atomic mass is 32.1. The van der Waals surface area contributed by atoms with Gasteiger partial charge in [-0.05, 0) is 26.3 Å². The van der Waals surface area contributed by atoms with Gasteiger partial charge in [-0.15, -0.1) is 11.3 Å². The number of ether oxygens (including phenoxy) is 1. The van der Waals surface area contributed by atoms with Crippen molar-refractivity contribution in [1.82, 2.24) is 10.3 Å². The molecule has 1 N–H and O–H groups in total. The van der Waals surface area contributed by atoms with E-state index in [2.05, 4.69) is 38.0 Å². The lowest BCUT2D eigenvalue weighted by Crippen LogP contribution is -2.32. The molecule has 4 nitrogen and oxygen atoms in total. The Balaban J connectivity index is 2.96. The van der Waals surface area contributed by atoms with Crippen LogP contribution < -0.4 is 10.2 Å². The SMILES string of the molecule is CCC(C)c1nc(N(C)C(C)COC)sc1CNC. The zero-order valence-electron chi connectivity index (χ0n) is 13.0. The van der Waals surface area contributed by atoms with E-state index in [1.807, 2.05) is 7.05 Å². The van der Waals surface area contributed by atoms with Gasteiger partial charge in [0.25, 0.3) is 0 Å². The van der Waals surface area contributed by atoms with Crippen LogP contribution in [0.15, 0.2) is 0 Å². The Labute approximate surface area is 121 Å². The van der Waals surface area contributed by atoms with Crippen LogP contribution in [-0.4, -0.2) is 38.8 Å². The summed E-state index contributed by atoms with van der Waals surface area (Å²) in [6.45, 7) is 8.23. The largest absolute Gasteiger partial charge is 0.383 e. The molecule has 1 aromatic rings. The topological polar surface area (TPSA) is 37.4 Å². The summed E-state index contributed by atoms with van der Waals surface area (Å²) in [5.74, 6) is 0.513. The minimum atomic E-state index is 0.336. The molecule has 0 aliphatic carbocycles. The lowest BCUT2D eigenvalue weighted by Gasteiger charge is -2.23. The van der Waals surface area contributed by atoms with Crippen LogP contribution in [0.4, 0.5) is 5.13 Å². The van der Waals surface area contributed by atoms with Crippen LogP contribution in [0.3, 0.4) is 0 Å². The van der Waals surface area contributed by atoms with Crippen LogP contribution >= 0.6 is 11.3 Å². The van der Waals surface area contributed by atoms with Gasteiger partial charge in [0, 0.05) is 25.6 Å². The summed E-state index contributed by atoms with van der Waals surface area (Å²) >= 11 is 1.79. The number of likely N-dealkylation sites (N-methyl/N-ethyl adjacent to an activating group) is 1. The number of thiazole rings is 1. The zero-order valence-corrected chi connectivity index (χ0v) is 13.8. The fourth-order valence-electron chi connectivity index (χ4n) is 1.91. The van der Waals surface area contributed by atoms with Gasteiger partial charge in [0.15, 0.2) is 5.13 Å². The molecule has 0 spiro atoms. The van der Waals surface area contributed by atoms with Crippen LogP contribution in [-0.2, 0) is 11.3 Å². The molecule has 0 aliphatic heterocycles. The lowest BCUT2D eigenvalue weighted by molar-refractivity contribution is 0.183. The summed E-state index contributed by atoms with van der Waals surface area (Å²) < 4.78 is 5.22. The first-order chi connectivity index (χ1) is 9.04. The fraction of sp³-hybridized carbons (Fsp3) is 0.786. The minimum Gasteiger partial charge on any atom is -0.383 e. The molecular weight excluding hydrogens is 258 g/mol. The van der Waals surface area contributed by atoms with Crippen molar-refractivity contribution in [2.75, 3.05) is 32.7 Å². The highest BCUT2D eigenvalue weighted by Gasteiger charge is 2.19. The van der Waals surface area contributed by atoms with Gasteiger partial charge in [0.05, 0.1) is 18.3 Å². The summed E-state index contributed by atoms with van der Waals surface area (Å²) in [5.41, 5.74) is 1.24. The molecule has 1 rings (SSSR count). The first-order valence-corrected chi connectivity index (χ1v) is 7.72. The molecule has 0 aromatic carbocycles. The number of nitrogens with one attached hydrogen (secondary N) is 1. The van der Waals surface area contributed by atoms with Crippen LogP contribution in [0.1, 0.15) is 43.7 Å². The zero-order chi connectivity index (χ0) is 14.4. The van der Waals surface area contributed by atoms with Crippen LogP contribution in [0.5, 0.6) is 0 Å². The van der Waals surface area contributed by atoms with Crippen molar-refractivity contribution in [3.05, 3.63) is 10.6 Å². The quantitative estimate of drug-likeness (QED) is 0.797. The summed E-state index contributed by atoms with van der Waals surface area (Å²) in [7, 11) is 5.81. The minimum absolute atomic E-state index is 0.336. The van der Waals surface area contributed by atoms with Gasteiger partial charge in [-0.25, -0.2) is 4.98 Å². The number of methoxy groups -OCH3 is 1. The molecule has 2 atom stereocenters. The summed E-state index contributed by atoms with van der Waals surface area (Å²) in [5, 5.41) is 4.33. The second-order valence-electron chi connectivity index (χ2n) is 5.06. The van der Waals surface area contributed by atoms with Gasteiger partial charge >= 0.3 is 0 Å². The molecule has 0 saturated heterocycles. The van der Waals surface area contributed by atoms with Crippen molar-refractivity contribution < 1.29 is 4.74 Å². The van der Waals surface area contributed by atoms with Crippen molar-refractivity contribution in [1.29, 1.82) is 0 Å². The first kappa shape index (κ1) is 16.4. The molecule has 0 aliphatic rings. The number of aromatic nitrogens is 1. The molecule has 5 heteroatoms. The van der Waals surface area contributed by atoms with Gasteiger partial charge in [0.1, 0.15) is 0 Å². The Kier molecular flexibility index (Phi) is 6.75. The summed E-state index contributed by atoms with van der Waals surface area (Å²) in [4.78, 5) is 8.41. The predicted molar refractivity (Wildman–Crippen MR) is 83.3 cm³/mol. The molecule has 2 unspecified atom stereocenters. The smallest absolute Gasteiger partial charge is 0.185 e. The van der Waals surface area contributed by atoms with Crippen LogP contribution in [0.2, 0.25) is 0 Å². The average molecular weight is 285 g/mol. The Bertz CT molecular complexity index is 381. The predicted octanol–water partition coefficient (Wildman–Crippen LogP) is 2.85. The normalized spacial score (nSPS) is 14.4. The van der Waals surface area contributed by atoms with Crippen LogP contribution in [0.25, 0.3) is 0 Å². The van der Waals surface area contributed by atoms with E-state index in [1.54, 1.807) is 18.4 Å². The third kappa shape index (κ3) is 4.16. The number of hydrogen-bond donors (Lipinski definition) is 1. The maximum Gasteiger partial charge on any atom is 0.185 e. The summed E-state index contributed by atoms with van der Waals surface area (Å²) in [6.07, 6.45) is 1.12. The third-order valence-corrected chi connectivity index (χ3v) is 4.67. The standard InChI is InChI=1S/C14H27N3OS/c1-7-10(2)13-12(8-15-4)19-14(16-13)17(5)11(3)9-18-6/h10-11,15H,7-9H2,1-6H3. The average Bonchev–Trinajstić information content (AvgIpc) is 2.81.